The minimum absolute atomic E-state index is 0.0220. The van der Waals surface area contributed by atoms with E-state index in [0.717, 1.165) is 18.7 Å². The van der Waals surface area contributed by atoms with E-state index in [1.54, 1.807) is 13.2 Å². The van der Waals surface area contributed by atoms with Crippen molar-refractivity contribution in [3.8, 4) is 5.75 Å². The van der Waals surface area contributed by atoms with Crippen LogP contribution in [0.25, 0.3) is 5.57 Å². The van der Waals surface area contributed by atoms with Gasteiger partial charge in [-0.05, 0) is 35.8 Å². The smallest absolute Gasteiger partial charge is 0.257 e. The summed E-state index contributed by atoms with van der Waals surface area (Å²) in [6.45, 7) is 1.35. The van der Waals surface area contributed by atoms with E-state index in [0.29, 0.717) is 12.1 Å². The molecular weight excluding hydrogens is 266 g/mol. The van der Waals surface area contributed by atoms with Gasteiger partial charge in [0.25, 0.3) is 5.91 Å². The number of nitrogens with zero attached hydrogens (tertiary/aromatic N) is 1. The van der Waals surface area contributed by atoms with Crippen LogP contribution in [-0.4, -0.2) is 31.0 Å². The van der Waals surface area contributed by atoms with E-state index in [1.807, 2.05) is 17.0 Å². The maximum absolute atomic E-state index is 12.2. The van der Waals surface area contributed by atoms with Crippen LogP contribution < -0.4 is 4.74 Å². The van der Waals surface area contributed by atoms with Crippen LogP contribution in [-0.2, 0) is 0 Å². The summed E-state index contributed by atoms with van der Waals surface area (Å²) in [5.74, 6) is 0.876. The van der Waals surface area contributed by atoms with Crippen molar-refractivity contribution in [3.05, 3.63) is 60.1 Å². The van der Waals surface area contributed by atoms with Crippen molar-refractivity contribution >= 4 is 11.5 Å². The molecule has 21 heavy (non-hydrogen) atoms. The number of carbonyl (C=O) groups is 1. The van der Waals surface area contributed by atoms with Gasteiger partial charge in [0.1, 0.15) is 12.0 Å². The van der Waals surface area contributed by atoms with Crippen molar-refractivity contribution in [1.82, 2.24) is 4.90 Å². The van der Waals surface area contributed by atoms with Crippen LogP contribution in [0.2, 0.25) is 0 Å². The monoisotopic (exact) mass is 283 g/mol. The van der Waals surface area contributed by atoms with Crippen LogP contribution in [0.1, 0.15) is 22.3 Å². The van der Waals surface area contributed by atoms with Gasteiger partial charge in [-0.2, -0.15) is 0 Å². The van der Waals surface area contributed by atoms with Gasteiger partial charge in [-0.15, -0.1) is 0 Å². The van der Waals surface area contributed by atoms with Gasteiger partial charge >= 0.3 is 0 Å². The maximum atomic E-state index is 12.2. The van der Waals surface area contributed by atoms with E-state index >= 15 is 0 Å². The molecule has 0 atom stereocenters. The van der Waals surface area contributed by atoms with Crippen molar-refractivity contribution in [2.24, 2.45) is 0 Å². The molecule has 2 aromatic rings. The fourth-order valence-electron chi connectivity index (χ4n) is 2.49. The molecule has 0 bridgehead atoms. The van der Waals surface area contributed by atoms with E-state index in [-0.39, 0.29) is 5.91 Å². The van der Waals surface area contributed by atoms with Gasteiger partial charge in [0.2, 0.25) is 0 Å². The Morgan fingerprint density at radius 1 is 1.24 bits per heavy atom. The van der Waals surface area contributed by atoms with E-state index in [2.05, 4.69) is 18.2 Å². The molecule has 4 heteroatoms. The minimum Gasteiger partial charge on any atom is -0.497 e. The predicted octanol–water partition coefficient (Wildman–Crippen LogP) is 3.22. The molecule has 0 radical (unpaired) electrons. The summed E-state index contributed by atoms with van der Waals surface area (Å²) in [6.07, 6.45) is 5.99. The fourth-order valence-corrected chi connectivity index (χ4v) is 2.49. The topological polar surface area (TPSA) is 42.7 Å². The minimum atomic E-state index is 0.0220. The van der Waals surface area contributed by atoms with Crippen LogP contribution in [0.3, 0.4) is 0 Å². The molecule has 1 aromatic carbocycles. The molecule has 2 heterocycles. The highest BCUT2D eigenvalue weighted by atomic mass is 16.5. The molecule has 1 amide bonds. The zero-order valence-electron chi connectivity index (χ0n) is 11.9. The highest BCUT2D eigenvalue weighted by Crippen LogP contribution is 2.25. The van der Waals surface area contributed by atoms with Gasteiger partial charge in [0.15, 0.2) is 0 Å². The lowest BCUT2D eigenvalue weighted by atomic mass is 9.99. The second kappa shape index (κ2) is 5.87. The van der Waals surface area contributed by atoms with E-state index < -0.39 is 0 Å². The molecular formula is C17H17NO3. The first-order valence-electron chi connectivity index (χ1n) is 6.93. The summed E-state index contributed by atoms with van der Waals surface area (Å²) in [7, 11) is 1.66. The number of carbonyl (C=O) groups excluding carboxylic acids is 1. The number of rotatable bonds is 3. The Morgan fingerprint density at radius 3 is 2.62 bits per heavy atom. The van der Waals surface area contributed by atoms with Gasteiger partial charge in [0.05, 0.1) is 18.9 Å². The quantitative estimate of drug-likeness (QED) is 0.868. The molecule has 1 aliphatic rings. The molecule has 0 fully saturated rings. The number of hydrogen-bond acceptors (Lipinski definition) is 3. The van der Waals surface area contributed by atoms with Crippen LogP contribution in [0.4, 0.5) is 0 Å². The van der Waals surface area contributed by atoms with Crippen LogP contribution in [0, 0.1) is 0 Å². The van der Waals surface area contributed by atoms with Crippen molar-refractivity contribution in [1.29, 1.82) is 0 Å². The molecule has 0 spiro atoms. The summed E-state index contributed by atoms with van der Waals surface area (Å²) in [5, 5.41) is 0. The predicted molar refractivity (Wildman–Crippen MR) is 80.2 cm³/mol. The third kappa shape index (κ3) is 2.84. The first-order valence-corrected chi connectivity index (χ1v) is 6.93. The Bertz CT molecular complexity index is 641. The molecule has 3 rings (SSSR count). The Morgan fingerprint density at radius 2 is 2.05 bits per heavy atom. The molecule has 4 nitrogen and oxygen atoms in total. The van der Waals surface area contributed by atoms with Gasteiger partial charge < -0.3 is 14.1 Å². The van der Waals surface area contributed by atoms with E-state index in [9.17, 15) is 4.79 Å². The normalized spacial score (nSPS) is 14.7. The fraction of sp³-hybridized carbons (Fsp3) is 0.235. The van der Waals surface area contributed by atoms with E-state index in [1.165, 1.54) is 23.7 Å². The second-order valence-corrected chi connectivity index (χ2v) is 4.97. The summed E-state index contributed by atoms with van der Waals surface area (Å²) >= 11 is 0. The zero-order valence-corrected chi connectivity index (χ0v) is 11.9. The lowest BCUT2D eigenvalue weighted by molar-refractivity contribution is 0.0772. The molecule has 0 aliphatic carbocycles. The lowest BCUT2D eigenvalue weighted by Gasteiger charge is -2.26. The van der Waals surface area contributed by atoms with Gasteiger partial charge in [0, 0.05) is 13.1 Å². The standard InChI is InChI=1S/C17H17NO3/c1-20-16-4-2-13(3-5-16)14-6-9-18(10-7-14)17(19)15-8-11-21-12-15/h2-6,8,11-12H,7,9-10H2,1H3. The molecule has 1 aromatic heterocycles. The van der Waals surface area contributed by atoms with Crippen LogP contribution in [0.5, 0.6) is 5.75 Å². The SMILES string of the molecule is COc1ccc(C2=CCN(C(=O)c3ccoc3)CC2)cc1. The average molecular weight is 283 g/mol. The Hall–Kier alpha value is -2.49. The summed E-state index contributed by atoms with van der Waals surface area (Å²) in [4.78, 5) is 14.0. The summed E-state index contributed by atoms with van der Waals surface area (Å²) in [6, 6.07) is 9.72. The molecule has 0 N–H and O–H groups in total. The molecule has 108 valence electrons. The molecule has 0 saturated carbocycles. The number of ether oxygens (including phenoxy) is 1. The highest BCUT2D eigenvalue weighted by molar-refractivity contribution is 5.94. The van der Waals surface area contributed by atoms with Crippen molar-refractivity contribution < 1.29 is 13.9 Å². The van der Waals surface area contributed by atoms with Crippen molar-refractivity contribution in [3.63, 3.8) is 0 Å². The molecule has 0 saturated heterocycles. The second-order valence-electron chi connectivity index (χ2n) is 4.97. The first-order chi connectivity index (χ1) is 10.3. The highest BCUT2D eigenvalue weighted by Gasteiger charge is 2.19. The van der Waals surface area contributed by atoms with Gasteiger partial charge in [-0.25, -0.2) is 0 Å². The van der Waals surface area contributed by atoms with E-state index in [4.69, 9.17) is 9.15 Å². The first kappa shape index (κ1) is 13.5. The van der Waals surface area contributed by atoms with Crippen molar-refractivity contribution in [2.75, 3.05) is 20.2 Å². The zero-order chi connectivity index (χ0) is 14.7. The summed E-state index contributed by atoms with van der Waals surface area (Å²) in [5.41, 5.74) is 3.07. The number of benzene rings is 1. The van der Waals surface area contributed by atoms with Crippen LogP contribution in [0.15, 0.2) is 53.4 Å². The third-order valence-corrected chi connectivity index (χ3v) is 3.73. The lowest BCUT2D eigenvalue weighted by Crippen LogP contribution is -2.34. The average Bonchev–Trinajstić information content (AvgIpc) is 3.09. The largest absolute Gasteiger partial charge is 0.497 e. The number of hydrogen-bond donors (Lipinski definition) is 0. The third-order valence-electron chi connectivity index (χ3n) is 3.73. The number of amides is 1. The Labute approximate surface area is 123 Å². The summed E-state index contributed by atoms with van der Waals surface area (Å²) < 4.78 is 10.1. The maximum Gasteiger partial charge on any atom is 0.257 e. The number of furan rings is 1. The number of methoxy groups -OCH3 is 1. The molecule has 0 unspecified atom stereocenters. The van der Waals surface area contributed by atoms with Gasteiger partial charge in [-0.1, -0.05) is 18.2 Å². The molecule has 1 aliphatic heterocycles. The Balaban J connectivity index is 1.70. The Kier molecular flexibility index (Phi) is 3.77. The van der Waals surface area contributed by atoms with Crippen LogP contribution >= 0.6 is 0 Å². The van der Waals surface area contributed by atoms with Gasteiger partial charge in [-0.3, -0.25) is 4.79 Å². The van der Waals surface area contributed by atoms with Crippen molar-refractivity contribution in [2.45, 2.75) is 6.42 Å².